The molecule has 4 rings (SSSR count). The molecule has 0 saturated heterocycles. The van der Waals surface area contributed by atoms with Crippen LogP contribution < -0.4 is 9.62 Å². The van der Waals surface area contributed by atoms with E-state index in [1.807, 2.05) is 51.1 Å². The molecule has 0 aromatic heterocycles. The van der Waals surface area contributed by atoms with Gasteiger partial charge in [0.15, 0.2) is 0 Å². The van der Waals surface area contributed by atoms with E-state index >= 15 is 0 Å². The van der Waals surface area contributed by atoms with Gasteiger partial charge in [-0.15, -0.1) is 0 Å². The van der Waals surface area contributed by atoms with Gasteiger partial charge in [0.1, 0.15) is 6.54 Å². The Balaban J connectivity index is 1.65. The van der Waals surface area contributed by atoms with E-state index < -0.39 is 10.0 Å². The molecule has 33 heavy (non-hydrogen) atoms. The lowest BCUT2D eigenvalue weighted by atomic mass is 9.88. The Morgan fingerprint density at radius 2 is 1.70 bits per heavy atom. The van der Waals surface area contributed by atoms with Crippen LogP contribution in [0.2, 0.25) is 0 Å². The Morgan fingerprint density at radius 3 is 2.42 bits per heavy atom. The van der Waals surface area contributed by atoms with Crippen LogP contribution >= 0.6 is 0 Å². The molecule has 6 heteroatoms. The molecule has 3 aromatic rings. The summed E-state index contributed by atoms with van der Waals surface area (Å²) in [6.07, 6.45) is 2.83. The van der Waals surface area contributed by atoms with Crippen LogP contribution in [-0.2, 0) is 21.2 Å². The highest BCUT2D eigenvalue weighted by molar-refractivity contribution is 7.92. The third-order valence-electron chi connectivity index (χ3n) is 6.38. The molecule has 0 saturated carbocycles. The molecule has 0 unspecified atom stereocenters. The van der Waals surface area contributed by atoms with Gasteiger partial charge in [0, 0.05) is 0 Å². The molecule has 0 fully saturated rings. The number of sulfonamides is 1. The van der Waals surface area contributed by atoms with E-state index in [1.165, 1.54) is 9.87 Å². The molecular formula is C27H30N2O3S. The van der Waals surface area contributed by atoms with Crippen LogP contribution in [0.4, 0.5) is 5.69 Å². The summed E-state index contributed by atoms with van der Waals surface area (Å²) in [5, 5.41) is 3.09. The minimum atomic E-state index is -3.92. The number of hydrogen-bond acceptors (Lipinski definition) is 3. The van der Waals surface area contributed by atoms with Crippen molar-refractivity contribution in [3.8, 4) is 0 Å². The quantitative estimate of drug-likeness (QED) is 0.561. The van der Waals surface area contributed by atoms with Crippen molar-refractivity contribution in [2.45, 2.75) is 51.0 Å². The SMILES string of the molecule is Cc1ccc(S(=O)(=O)N(CC(=O)N[C@H]2CCCc3ccccc32)c2ccc(C)c(C)c2)cc1. The van der Waals surface area contributed by atoms with Crippen molar-refractivity contribution in [2.24, 2.45) is 0 Å². The summed E-state index contributed by atoms with van der Waals surface area (Å²) in [6, 6.07) is 20.2. The third kappa shape index (κ3) is 4.96. The van der Waals surface area contributed by atoms with Crippen molar-refractivity contribution in [1.82, 2.24) is 5.32 Å². The van der Waals surface area contributed by atoms with Gasteiger partial charge in [-0.1, -0.05) is 48.0 Å². The van der Waals surface area contributed by atoms with Crippen LogP contribution in [0.25, 0.3) is 0 Å². The molecule has 0 spiro atoms. The molecule has 1 aliphatic carbocycles. The number of carbonyl (C=O) groups is 1. The van der Waals surface area contributed by atoms with E-state index in [1.54, 1.807) is 30.3 Å². The third-order valence-corrected chi connectivity index (χ3v) is 8.17. The number of nitrogens with one attached hydrogen (secondary N) is 1. The topological polar surface area (TPSA) is 66.5 Å². The zero-order valence-corrected chi connectivity index (χ0v) is 20.2. The lowest BCUT2D eigenvalue weighted by Gasteiger charge is -2.29. The van der Waals surface area contributed by atoms with Crippen LogP contribution in [0, 0.1) is 20.8 Å². The van der Waals surface area contributed by atoms with E-state index in [2.05, 4.69) is 11.4 Å². The monoisotopic (exact) mass is 462 g/mol. The number of anilines is 1. The highest BCUT2D eigenvalue weighted by Crippen LogP contribution is 2.30. The molecule has 1 N–H and O–H groups in total. The highest BCUT2D eigenvalue weighted by atomic mass is 32.2. The molecular weight excluding hydrogens is 432 g/mol. The van der Waals surface area contributed by atoms with Crippen molar-refractivity contribution in [3.05, 3.63) is 94.5 Å². The van der Waals surface area contributed by atoms with Gasteiger partial charge in [-0.3, -0.25) is 9.10 Å². The zero-order chi connectivity index (χ0) is 23.6. The van der Waals surface area contributed by atoms with Crippen LogP contribution in [0.1, 0.15) is 46.7 Å². The second-order valence-electron chi connectivity index (χ2n) is 8.80. The highest BCUT2D eigenvalue weighted by Gasteiger charge is 2.29. The number of rotatable bonds is 6. The summed E-state index contributed by atoms with van der Waals surface area (Å²) in [6.45, 7) is 5.55. The summed E-state index contributed by atoms with van der Waals surface area (Å²) in [7, 11) is -3.92. The largest absolute Gasteiger partial charge is 0.348 e. The van der Waals surface area contributed by atoms with Gasteiger partial charge >= 0.3 is 0 Å². The number of fused-ring (bicyclic) bond motifs is 1. The van der Waals surface area contributed by atoms with Crippen LogP contribution in [0.5, 0.6) is 0 Å². The van der Waals surface area contributed by atoms with Gasteiger partial charge < -0.3 is 5.32 Å². The molecule has 1 aliphatic rings. The van der Waals surface area contributed by atoms with Gasteiger partial charge in [0.05, 0.1) is 16.6 Å². The van der Waals surface area contributed by atoms with E-state index in [4.69, 9.17) is 0 Å². The first-order chi connectivity index (χ1) is 15.8. The standard InChI is InChI=1S/C27H30N2O3S/c1-19-11-15-24(16-12-19)33(31,32)29(23-14-13-20(2)21(3)17-23)18-27(30)28-26-10-6-8-22-7-4-5-9-25(22)26/h4-5,7,9,11-17,26H,6,8,10,18H2,1-3H3,(H,28,30)/t26-/m0/s1. The predicted octanol–water partition coefficient (Wildman–Crippen LogP) is 5.00. The molecule has 0 radical (unpaired) electrons. The Bertz CT molecular complexity index is 1270. The second-order valence-corrected chi connectivity index (χ2v) is 10.7. The summed E-state index contributed by atoms with van der Waals surface area (Å²) < 4.78 is 28.4. The Kier molecular flexibility index (Phi) is 6.56. The van der Waals surface area contributed by atoms with Crippen molar-refractivity contribution < 1.29 is 13.2 Å². The fourth-order valence-corrected chi connectivity index (χ4v) is 5.72. The van der Waals surface area contributed by atoms with Gasteiger partial charge in [0.25, 0.3) is 10.0 Å². The normalized spacial score (nSPS) is 15.5. The van der Waals surface area contributed by atoms with Crippen LogP contribution in [0.3, 0.4) is 0 Å². The molecule has 1 amide bonds. The van der Waals surface area contributed by atoms with Crippen molar-refractivity contribution in [1.29, 1.82) is 0 Å². The molecule has 1 atom stereocenters. The fraction of sp³-hybridized carbons (Fsp3) is 0.296. The first-order valence-corrected chi connectivity index (χ1v) is 12.7. The number of hydrogen-bond donors (Lipinski definition) is 1. The Hall–Kier alpha value is -3.12. The van der Waals surface area contributed by atoms with Crippen LogP contribution in [-0.4, -0.2) is 20.9 Å². The average Bonchev–Trinajstić information content (AvgIpc) is 2.80. The molecule has 5 nitrogen and oxygen atoms in total. The number of nitrogens with zero attached hydrogens (tertiary/aromatic N) is 1. The second kappa shape index (κ2) is 9.40. The maximum Gasteiger partial charge on any atom is 0.264 e. The summed E-state index contributed by atoms with van der Waals surface area (Å²) in [4.78, 5) is 13.3. The lowest BCUT2D eigenvalue weighted by Crippen LogP contribution is -2.42. The van der Waals surface area contributed by atoms with E-state index in [0.717, 1.165) is 41.5 Å². The first-order valence-electron chi connectivity index (χ1n) is 11.3. The first kappa shape index (κ1) is 23.1. The minimum absolute atomic E-state index is 0.105. The number of benzene rings is 3. The van der Waals surface area contributed by atoms with Crippen LogP contribution in [0.15, 0.2) is 71.6 Å². The van der Waals surface area contributed by atoms with E-state index in [-0.39, 0.29) is 23.4 Å². The molecule has 0 bridgehead atoms. The smallest absolute Gasteiger partial charge is 0.264 e. The van der Waals surface area contributed by atoms with Gasteiger partial charge in [-0.25, -0.2) is 8.42 Å². The minimum Gasteiger partial charge on any atom is -0.348 e. The number of amides is 1. The summed E-state index contributed by atoms with van der Waals surface area (Å²) >= 11 is 0. The van der Waals surface area contributed by atoms with Gasteiger partial charge in [-0.2, -0.15) is 0 Å². The zero-order valence-electron chi connectivity index (χ0n) is 19.3. The fourth-order valence-electron chi connectivity index (χ4n) is 4.31. The Labute approximate surface area is 196 Å². The van der Waals surface area contributed by atoms with Gasteiger partial charge in [0.2, 0.25) is 5.91 Å². The number of aryl methyl sites for hydroxylation is 4. The maximum atomic E-state index is 13.6. The molecule has 172 valence electrons. The molecule has 0 heterocycles. The molecule has 0 aliphatic heterocycles. The summed E-state index contributed by atoms with van der Waals surface area (Å²) in [5.74, 6) is -0.314. The number of carbonyl (C=O) groups excluding carboxylic acids is 1. The lowest BCUT2D eigenvalue weighted by molar-refractivity contribution is -0.120. The van der Waals surface area contributed by atoms with E-state index in [0.29, 0.717) is 5.69 Å². The summed E-state index contributed by atoms with van der Waals surface area (Å²) in [5.41, 5.74) is 5.86. The molecule has 3 aromatic carbocycles. The van der Waals surface area contributed by atoms with E-state index in [9.17, 15) is 13.2 Å². The van der Waals surface area contributed by atoms with Gasteiger partial charge in [-0.05, 0) is 86.6 Å². The predicted molar refractivity (Wildman–Crippen MR) is 132 cm³/mol. The van der Waals surface area contributed by atoms with Crippen molar-refractivity contribution >= 4 is 21.6 Å². The Morgan fingerprint density at radius 1 is 0.970 bits per heavy atom. The maximum absolute atomic E-state index is 13.6. The van der Waals surface area contributed by atoms with Crippen molar-refractivity contribution in [3.63, 3.8) is 0 Å². The average molecular weight is 463 g/mol. The van der Waals surface area contributed by atoms with Crippen molar-refractivity contribution in [2.75, 3.05) is 10.8 Å².